The van der Waals surface area contributed by atoms with Gasteiger partial charge in [0.25, 0.3) is 16.7 Å². The monoisotopic (exact) mass is 297 g/mol. The summed E-state index contributed by atoms with van der Waals surface area (Å²) in [4.78, 5) is 9.84. The third-order valence-electron chi connectivity index (χ3n) is 2.10. The molecule has 0 N–H and O–H groups in total. The van der Waals surface area contributed by atoms with E-state index in [0.29, 0.717) is 0 Å². The first-order valence-electron chi connectivity index (χ1n) is 4.85. The average Bonchev–Trinajstić information content (AvgIpc) is 2.27. The molecule has 19 heavy (non-hydrogen) atoms. The van der Waals surface area contributed by atoms with Crippen LogP contribution in [-0.4, -0.2) is 20.0 Å². The van der Waals surface area contributed by atoms with E-state index in [4.69, 9.17) is 0 Å². The molecule has 0 radical (unpaired) electrons. The van der Waals surface area contributed by atoms with E-state index in [9.17, 15) is 27.3 Å². The summed E-state index contributed by atoms with van der Waals surface area (Å²) in [6, 6.07) is 2.84. The molecule has 0 aliphatic carbocycles. The van der Waals surface area contributed by atoms with Gasteiger partial charge < -0.3 is 4.74 Å². The fourth-order valence-electron chi connectivity index (χ4n) is 1.36. The summed E-state index contributed by atoms with van der Waals surface area (Å²) in [6.45, 7) is -1.91. The number of benzene rings is 1. The zero-order chi connectivity index (χ0) is 14.6. The summed E-state index contributed by atoms with van der Waals surface area (Å²) >= 11 is 0. The Morgan fingerprint density at radius 1 is 1.37 bits per heavy atom. The molecule has 1 aromatic rings. The first kappa shape index (κ1) is 15.2. The van der Waals surface area contributed by atoms with Crippen LogP contribution in [0.1, 0.15) is 18.6 Å². The maximum atomic E-state index is 12.2. The van der Waals surface area contributed by atoms with Gasteiger partial charge in [0, 0.05) is 17.7 Å². The van der Waals surface area contributed by atoms with Crippen LogP contribution in [0.3, 0.4) is 0 Å². The number of nitrogens with zero attached hydrogens (tertiary/aromatic N) is 1. The number of alkyl halides is 2. The second-order valence-electron chi connectivity index (χ2n) is 3.33. The van der Waals surface area contributed by atoms with Crippen LogP contribution < -0.4 is 4.74 Å². The predicted molar refractivity (Wildman–Crippen MR) is 59.5 cm³/mol. The van der Waals surface area contributed by atoms with Crippen molar-refractivity contribution in [2.24, 2.45) is 0 Å². The van der Waals surface area contributed by atoms with Crippen LogP contribution in [0.4, 0.5) is 14.5 Å². The lowest BCUT2D eigenvalue weighted by Gasteiger charge is -2.14. The van der Waals surface area contributed by atoms with E-state index in [1.807, 2.05) is 0 Å². The summed E-state index contributed by atoms with van der Waals surface area (Å²) in [5.74, 6) is -0.384. The van der Waals surface area contributed by atoms with Crippen molar-refractivity contribution >= 4 is 16.7 Å². The summed E-state index contributed by atoms with van der Waals surface area (Å²) in [6.07, 6.45) is -1.19. The Morgan fingerprint density at radius 3 is 2.47 bits per heavy atom. The number of halogens is 2. The fraction of sp³-hybridized carbons (Fsp3) is 0.333. The summed E-state index contributed by atoms with van der Waals surface area (Å²) < 4.78 is 53.7. The number of thiol groups is 1. The lowest BCUT2D eigenvalue weighted by Crippen LogP contribution is -2.08. The molecule has 0 saturated heterocycles. The Labute approximate surface area is 108 Å². The minimum absolute atomic E-state index is 0.159. The van der Waals surface area contributed by atoms with Crippen molar-refractivity contribution in [2.45, 2.75) is 19.6 Å². The van der Waals surface area contributed by atoms with Crippen molar-refractivity contribution in [3.05, 3.63) is 33.9 Å². The highest BCUT2D eigenvalue weighted by Crippen LogP contribution is 2.32. The number of hydrogen-bond acceptors (Lipinski definition) is 6. The minimum atomic E-state index is -3.23. The van der Waals surface area contributed by atoms with Crippen molar-refractivity contribution in [2.75, 3.05) is 0 Å². The molecule has 0 aromatic heterocycles. The molecule has 0 amide bonds. The first-order chi connectivity index (χ1) is 8.81. The zero-order valence-electron chi connectivity index (χ0n) is 9.49. The van der Waals surface area contributed by atoms with Gasteiger partial charge >= 0.3 is 6.61 Å². The van der Waals surface area contributed by atoms with Gasteiger partial charge in [-0.1, -0.05) is 0 Å². The number of nitro groups is 1. The molecule has 10 heteroatoms. The van der Waals surface area contributed by atoms with Gasteiger partial charge in [0.15, 0.2) is 0 Å². The largest absolute Gasteiger partial charge is 0.434 e. The van der Waals surface area contributed by atoms with Gasteiger partial charge in [-0.3, -0.25) is 14.3 Å². The second kappa shape index (κ2) is 6.38. The molecule has 0 fully saturated rings. The molecule has 0 bridgehead atoms. The van der Waals surface area contributed by atoms with Crippen LogP contribution in [0.2, 0.25) is 0 Å². The molecule has 0 spiro atoms. The number of hydrogen-bond donors (Lipinski definition) is 1. The third-order valence-corrected chi connectivity index (χ3v) is 2.59. The smallest absolute Gasteiger partial charge is 0.387 e. The van der Waals surface area contributed by atoms with Gasteiger partial charge in [-0.15, -0.1) is 0 Å². The number of ether oxygens (including phenoxy) is 1. The van der Waals surface area contributed by atoms with Gasteiger partial charge in [0.05, 0.1) is 4.92 Å². The van der Waals surface area contributed by atoms with E-state index in [1.54, 1.807) is 0 Å². The minimum Gasteiger partial charge on any atom is -0.434 e. The lowest BCUT2D eigenvalue weighted by molar-refractivity contribution is -0.385. The summed E-state index contributed by atoms with van der Waals surface area (Å²) in [5.41, 5.74) is -0.554. The van der Waals surface area contributed by atoms with Crippen LogP contribution in [0.5, 0.6) is 5.75 Å². The second-order valence-corrected chi connectivity index (χ2v) is 3.99. The van der Waals surface area contributed by atoms with E-state index >= 15 is 0 Å². The Morgan fingerprint density at radius 2 is 2.00 bits per heavy atom. The van der Waals surface area contributed by atoms with Crippen molar-refractivity contribution in [1.82, 2.24) is 0 Å². The lowest BCUT2D eigenvalue weighted by atomic mass is 10.1. The van der Waals surface area contributed by atoms with Gasteiger partial charge in [-0.05, 0) is 13.0 Å². The number of rotatable bonds is 6. The number of nitro benzene ring substituents is 1. The molecule has 0 heterocycles. The maximum absolute atomic E-state index is 12.2. The molecule has 0 aliphatic rings. The summed E-state index contributed by atoms with van der Waals surface area (Å²) in [7, 11) is -3.23. The Bertz CT molecular complexity index is 540. The molecule has 0 saturated carbocycles. The van der Waals surface area contributed by atoms with Gasteiger partial charge in [0.1, 0.15) is 11.9 Å². The Kier molecular flexibility index (Phi) is 5.12. The molecular weight excluding hydrogens is 288 g/mol. The van der Waals surface area contributed by atoms with Gasteiger partial charge in [0.2, 0.25) is 0 Å². The molecule has 106 valence electrons. The molecule has 7 nitrogen and oxygen atoms in total. The Hall–Kier alpha value is -1.81. The fourth-order valence-corrected chi connectivity index (χ4v) is 1.73. The highest BCUT2D eigenvalue weighted by Gasteiger charge is 2.20. The van der Waals surface area contributed by atoms with Crippen LogP contribution >= 0.6 is 0 Å². The molecule has 0 aliphatic heterocycles. The molecule has 1 atom stereocenters. The molecular formula is C9H9F2NO6S. The van der Waals surface area contributed by atoms with E-state index in [1.165, 1.54) is 6.92 Å². The topological polar surface area (TPSA) is 95.7 Å². The van der Waals surface area contributed by atoms with Crippen molar-refractivity contribution in [1.29, 1.82) is 0 Å². The van der Waals surface area contributed by atoms with Gasteiger partial charge in [-0.2, -0.15) is 8.78 Å². The Balaban J connectivity index is 3.20. The van der Waals surface area contributed by atoms with Crippen molar-refractivity contribution in [3.63, 3.8) is 0 Å². The van der Waals surface area contributed by atoms with Gasteiger partial charge in [-0.25, -0.2) is 8.42 Å². The van der Waals surface area contributed by atoms with Crippen molar-refractivity contribution < 1.29 is 31.0 Å². The standard InChI is InChI=1S/C9H9F2NO6S/c1-5(18-19(15)16)7-4-6(12(13)14)2-3-8(7)17-9(10)11/h2-5,9,19H,1H3. The quantitative estimate of drug-likeness (QED) is 0.488. The number of non-ortho nitro benzene ring substituents is 1. The van der Waals surface area contributed by atoms with E-state index in [2.05, 4.69) is 8.92 Å². The highest BCUT2D eigenvalue weighted by atomic mass is 32.2. The molecule has 1 rings (SSSR count). The first-order valence-corrected chi connectivity index (χ1v) is 5.95. The zero-order valence-corrected chi connectivity index (χ0v) is 10.4. The van der Waals surface area contributed by atoms with Crippen LogP contribution in [-0.2, 0) is 15.2 Å². The summed E-state index contributed by atoms with van der Waals surface area (Å²) in [5, 5.41) is 10.6. The molecule has 1 aromatic carbocycles. The van der Waals surface area contributed by atoms with Crippen molar-refractivity contribution in [3.8, 4) is 5.75 Å². The maximum Gasteiger partial charge on any atom is 0.387 e. The van der Waals surface area contributed by atoms with E-state index < -0.39 is 34.3 Å². The van der Waals surface area contributed by atoms with E-state index in [-0.39, 0.29) is 11.3 Å². The average molecular weight is 297 g/mol. The normalized spacial score (nSPS) is 12.7. The van der Waals surface area contributed by atoms with Crippen LogP contribution in [0.15, 0.2) is 18.2 Å². The highest BCUT2D eigenvalue weighted by molar-refractivity contribution is 7.67. The SMILES string of the molecule is CC(O[SH](=O)=O)c1cc([N+](=O)[O-])ccc1OC(F)F. The predicted octanol–water partition coefficient (Wildman–Crippen LogP) is 1.80. The van der Waals surface area contributed by atoms with E-state index in [0.717, 1.165) is 18.2 Å². The van der Waals surface area contributed by atoms with Crippen LogP contribution in [0.25, 0.3) is 0 Å². The molecule has 1 unspecified atom stereocenters. The van der Waals surface area contributed by atoms with Crippen LogP contribution in [0, 0.1) is 10.1 Å². The third kappa shape index (κ3) is 4.41.